The zero-order chi connectivity index (χ0) is 9.56. The predicted molar refractivity (Wildman–Crippen MR) is 40.0 cm³/mol. The first-order valence-electron chi connectivity index (χ1n) is 3.47. The van der Waals surface area contributed by atoms with Gasteiger partial charge in [-0.1, -0.05) is 0 Å². The van der Waals surface area contributed by atoms with Crippen molar-refractivity contribution in [1.82, 2.24) is 5.48 Å². The van der Waals surface area contributed by atoms with Gasteiger partial charge in [-0.15, -0.1) is 0 Å². The van der Waals surface area contributed by atoms with Crippen LogP contribution in [0, 0.1) is 0 Å². The van der Waals surface area contributed by atoms with E-state index in [9.17, 15) is 9.59 Å². The van der Waals surface area contributed by atoms with Gasteiger partial charge in [0.25, 0.3) is 0 Å². The molecule has 12 heavy (non-hydrogen) atoms. The van der Waals surface area contributed by atoms with Gasteiger partial charge in [-0.2, -0.15) is 0 Å². The van der Waals surface area contributed by atoms with Gasteiger partial charge in [0.2, 0.25) is 5.91 Å². The normalized spacial score (nSPS) is 12.2. The Bertz CT molecular complexity index is 171. The molecule has 0 aromatic rings. The predicted octanol–water partition coefficient (Wildman–Crippen LogP) is -1.14. The summed E-state index contributed by atoms with van der Waals surface area (Å²) in [5.74, 6) is -1.74. The number of hydrogen-bond donors (Lipinski definition) is 3. The van der Waals surface area contributed by atoms with E-state index in [0.29, 0.717) is 6.61 Å². The Morgan fingerprint density at radius 1 is 1.67 bits per heavy atom. The number of rotatable bonds is 5. The minimum atomic E-state index is -1.21. The van der Waals surface area contributed by atoms with E-state index in [4.69, 9.17) is 10.8 Å². The number of carbonyl (C=O) groups is 2. The third-order valence-electron chi connectivity index (χ3n) is 1.05. The smallest absolute Gasteiger partial charge is 0.321 e. The van der Waals surface area contributed by atoms with E-state index >= 15 is 0 Å². The highest BCUT2D eigenvalue weighted by molar-refractivity contribution is 5.83. The lowest BCUT2D eigenvalue weighted by atomic mass is 10.2. The van der Waals surface area contributed by atoms with Crippen molar-refractivity contribution >= 4 is 11.9 Å². The number of carboxylic acids is 1. The van der Waals surface area contributed by atoms with Crippen molar-refractivity contribution < 1.29 is 19.5 Å². The highest BCUT2D eigenvalue weighted by atomic mass is 16.6. The number of amides is 1. The molecule has 6 heteroatoms. The molecule has 0 bridgehead atoms. The second-order valence-electron chi connectivity index (χ2n) is 2.11. The summed E-state index contributed by atoms with van der Waals surface area (Å²) in [7, 11) is 0. The van der Waals surface area contributed by atoms with Gasteiger partial charge < -0.3 is 10.8 Å². The Kier molecular flexibility index (Phi) is 4.98. The van der Waals surface area contributed by atoms with E-state index in [1.165, 1.54) is 0 Å². The third kappa shape index (κ3) is 4.64. The zero-order valence-corrected chi connectivity index (χ0v) is 6.74. The van der Waals surface area contributed by atoms with Gasteiger partial charge in [-0.05, 0) is 6.92 Å². The molecule has 0 rings (SSSR count). The van der Waals surface area contributed by atoms with Gasteiger partial charge in [0.15, 0.2) is 0 Å². The van der Waals surface area contributed by atoms with Gasteiger partial charge in [-0.3, -0.25) is 14.4 Å². The summed E-state index contributed by atoms with van der Waals surface area (Å²) < 4.78 is 0. The van der Waals surface area contributed by atoms with Crippen LogP contribution in [0.5, 0.6) is 0 Å². The van der Waals surface area contributed by atoms with Crippen LogP contribution >= 0.6 is 0 Å². The summed E-state index contributed by atoms with van der Waals surface area (Å²) in [6.45, 7) is 2.02. The lowest BCUT2D eigenvalue weighted by molar-refractivity contribution is -0.143. The molecular weight excluding hydrogens is 164 g/mol. The minimum Gasteiger partial charge on any atom is -0.480 e. The lowest BCUT2D eigenvalue weighted by Gasteiger charge is -2.06. The Labute approximate surface area is 69.6 Å². The number of hydrogen-bond acceptors (Lipinski definition) is 4. The first-order valence-corrected chi connectivity index (χ1v) is 3.47. The van der Waals surface area contributed by atoms with Crippen LogP contribution < -0.4 is 11.2 Å². The molecule has 0 aliphatic rings. The molecule has 4 N–H and O–H groups in total. The molecule has 0 aromatic carbocycles. The highest BCUT2D eigenvalue weighted by Crippen LogP contribution is 1.87. The maximum Gasteiger partial charge on any atom is 0.321 e. The number of carbonyl (C=O) groups excluding carboxylic acids is 1. The van der Waals surface area contributed by atoms with Gasteiger partial charge in [0.05, 0.1) is 13.0 Å². The summed E-state index contributed by atoms with van der Waals surface area (Å²) in [6, 6.07) is -1.18. The van der Waals surface area contributed by atoms with Crippen molar-refractivity contribution in [3.8, 4) is 0 Å². The lowest BCUT2D eigenvalue weighted by Crippen LogP contribution is -2.36. The Balaban J connectivity index is 3.61. The van der Waals surface area contributed by atoms with Crippen LogP contribution in [0.4, 0.5) is 0 Å². The average molecular weight is 176 g/mol. The quantitative estimate of drug-likeness (QED) is 0.459. The van der Waals surface area contributed by atoms with Crippen molar-refractivity contribution in [3.63, 3.8) is 0 Å². The standard InChI is InChI=1S/C6H12N2O4/c1-2-12-8-5(9)3-4(7)6(10)11/h4H,2-3,7H2,1H3,(H,8,9)(H,10,11). The summed E-state index contributed by atoms with van der Waals surface area (Å²) in [5.41, 5.74) is 7.11. The summed E-state index contributed by atoms with van der Waals surface area (Å²) in [4.78, 5) is 25.4. The van der Waals surface area contributed by atoms with E-state index in [-0.39, 0.29) is 6.42 Å². The molecular formula is C6H12N2O4. The van der Waals surface area contributed by atoms with E-state index in [1.54, 1.807) is 6.92 Å². The average Bonchev–Trinajstić information content (AvgIpc) is 2.00. The molecule has 1 unspecified atom stereocenters. The van der Waals surface area contributed by atoms with Crippen molar-refractivity contribution in [2.45, 2.75) is 19.4 Å². The molecule has 1 amide bonds. The third-order valence-corrected chi connectivity index (χ3v) is 1.05. The molecule has 0 saturated carbocycles. The molecule has 0 radical (unpaired) electrons. The second-order valence-corrected chi connectivity index (χ2v) is 2.11. The summed E-state index contributed by atoms with van der Waals surface area (Å²) in [5, 5.41) is 8.31. The molecule has 70 valence electrons. The number of aliphatic carboxylic acids is 1. The van der Waals surface area contributed by atoms with Gasteiger partial charge in [-0.25, -0.2) is 5.48 Å². The van der Waals surface area contributed by atoms with E-state index in [1.807, 2.05) is 5.48 Å². The number of nitrogens with two attached hydrogens (primary N) is 1. The van der Waals surface area contributed by atoms with Crippen molar-refractivity contribution in [2.24, 2.45) is 5.73 Å². The van der Waals surface area contributed by atoms with Gasteiger partial charge >= 0.3 is 5.97 Å². The maximum absolute atomic E-state index is 10.7. The Hall–Kier alpha value is -1.14. The molecule has 0 aliphatic heterocycles. The molecule has 0 saturated heterocycles. The summed E-state index contributed by atoms with van der Waals surface area (Å²) in [6.07, 6.45) is -0.282. The Morgan fingerprint density at radius 3 is 2.67 bits per heavy atom. The van der Waals surface area contributed by atoms with E-state index < -0.39 is 17.9 Å². The van der Waals surface area contributed by atoms with Crippen LogP contribution in [0.2, 0.25) is 0 Å². The largest absolute Gasteiger partial charge is 0.480 e. The second kappa shape index (κ2) is 5.50. The van der Waals surface area contributed by atoms with Crippen LogP contribution in [-0.4, -0.2) is 29.6 Å². The van der Waals surface area contributed by atoms with Gasteiger partial charge in [0, 0.05) is 0 Å². The first kappa shape index (κ1) is 10.9. The molecule has 1 atom stereocenters. The molecule has 6 nitrogen and oxygen atoms in total. The molecule has 0 aliphatic carbocycles. The van der Waals surface area contributed by atoms with Crippen LogP contribution in [0.1, 0.15) is 13.3 Å². The fourth-order valence-electron chi connectivity index (χ4n) is 0.481. The zero-order valence-electron chi connectivity index (χ0n) is 6.74. The van der Waals surface area contributed by atoms with E-state index in [0.717, 1.165) is 0 Å². The number of nitrogens with one attached hydrogen (secondary N) is 1. The molecule has 0 heterocycles. The Morgan fingerprint density at radius 2 is 2.25 bits per heavy atom. The van der Waals surface area contributed by atoms with Crippen molar-refractivity contribution in [3.05, 3.63) is 0 Å². The van der Waals surface area contributed by atoms with Crippen LogP contribution in [0.3, 0.4) is 0 Å². The van der Waals surface area contributed by atoms with E-state index in [2.05, 4.69) is 4.84 Å². The highest BCUT2D eigenvalue weighted by Gasteiger charge is 2.15. The molecule has 0 fully saturated rings. The number of hydroxylamine groups is 1. The SMILES string of the molecule is CCONC(=O)CC(N)C(=O)O. The topological polar surface area (TPSA) is 102 Å². The van der Waals surface area contributed by atoms with Crippen LogP contribution in [0.25, 0.3) is 0 Å². The van der Waals surface area contributed by atoms with Crippen molar-refractivity contribution in [2.75, 3.05) is 6.61 Å². The first-order chi connectivity index (χ1) is 5.57. The number of carboxylic acid groups (broad SMARTS) is 1. The molecule has 0 spiro atoms. The fourth-order valence-corrected chi connectivity index (χ4v) is 0.481. The van der Waals surface area contributed by atoms with Crippen molar-refractivity contribution in [1.29, 1.82) is 0 Å². The van der Waals surface area contributed by atoms with Crippen LogP contribution in [-0.2, 0) is 14.4 Å². The van der Waals surface area contributed by atoms with Crippen LogP contribution in [0.15, 0.2) is 0 Å². The maximum atomic E-state index is 10.7. The monoisotopic (exact) mass is 176 g/mol. The minimum absolute atomic E-state index is 0.282. The fraction of sp³-hybridized carbons (Fsp3) is 0.667. The summed E-state index contributed by atoms with van der Waals surface area (Å²) >= 11 is 0. The molecule has 0 aromatic heterocycles. The van der Waals surface area contributed by atoms with Gasteiger partial charge in [0.1, 0.15) is 6.04 Å².